The Morgan fingerprint density at radius 2 is 2.06 bits per heavy atom. The number of H-pyrrole nitrogens is 1. The summed E-state index contributed by atoms with van der Waals surface area (Å²) in [6.07, 6.45) is 0. The number of amides is 1. The lowest BCUT2D eigenvalue weighted by molar-refractivity contribution is 0.0950. The molecule has 0 radical (unpaired) electrons. The number of nitrogens with two attached hydrogens (primary N) is 1. The molecule has 0 aliphatic heterocycles. The Morgan fingerprint density at radius 1 is 1.35 bits per heavy atom. The van der Waals surface area contributed by atoms with Gasteiger partial charge in [0.25, 0.3) is 11.5 Å². The zero-order chi connectivity index (χ0) is 22.9. The second kappa shape index (κ2) is 9.11. The highest BCUT2D eigenvalue weighted by Crippen LogP contribution is 2.30. The molecule has 0 unspecified atom stereocenters. The molecule has 0 bridgehead atoms. The number of nitrogen functional groups attached to an aromatic ring is 1. The van der Waals surface area contributed by atoms with E-state index in [-0.39, 0.29) is 36.3 Å². The Hall–Kier alpha value is -2.85. The molecule has 2 aromatic heterocycles. The molecule has 0 atom stereocenters. The minimum absolute atomic E-state index is 0.0443. The van der Waals surface area contributed by atoms with E-state index in [0.29, 0.717) is 17.7 Å². The Labute approximate surface area is 186 Å². The Bertz CT molecular complexity index is 1240. The van der Waals surface area contributed by atoms with Crippen LogP contribution in [0.25, 0.3) is 11.0 Å². The maximum atomic E-state index is 13.5. The van der Waals surface area contributed by atoms with E-state index in [1.54, 1.807) is 13.0 Å². The number of rotatable bonds is 7. The number of furan rings is 1. The molecular weight excluding hydrogens is 468 g/mol. The first kappa shape index (κ1) is 22.8. The Kier molecular flexibility index (Phi) is 6.71. The molecule has 31 heavy (non-hydrogen) atoms. The van der Waals surface area contributed by atoms with E-state index in [1.165, 1.54) is 16.6 Å². The number of fused-ring (bicyclic) bond motifs is 1. The fourth-order valence-electron chi connectivity index (χ4n) is 3.40. The number of hydrogen-bond donors (Lipinski definition) is 2. The molecule has 166 valence electrons. The van der Waals surface area contributed by atoms with E-state index in [1.807, 2.05) is 26.0 Å². The number of nitrogens with zero attached hydrogens (tertiary/aromatic N) is 2. The summed E-state index contributed by atoms with van der Waals surface area (Å²) in [5.74, 6) is -0.445. The molecule has 3 rings (SSSR count). The summed E-state index contributed by atoms with van der Waals surface area (Å²) in [5, 5.41) is 0.774. The highest BCUT2D eigenvalue weighted by atomic mass is 79.9. The quantitative estimate of drug-likeness (QED) is 0.522. The summed E-state index contributed by atoms with van der Waals surface area (Å²) in [6.45, 7) is 6.09. The first-order chi connectivity index (χ1) is 14.6. The van der Waals surface area contributed by atoms with Crippen LogP contribution < -0.4 is 21.9 Å². The number of anilines is 2. The van der Waals surface area contributed by atoms with Crippen molar-refractivity contribution in [1.29, 1.82) is 0 Å². The van der Waals surface area contributed by atoms with Crippen molar-refractivity contribution in [3.05, 3.63) is 54.8 Å². The van der Waals surface area contributed by atoms with Gasteiger partial charge in [0.1, 0.15) is 11.4 Å². The van der Waals surface area contributed by atoms with Crippen LogP contribution >= 0.6 is 15.9 Å². The van der Waals surface area contributed by atoms with Crippen LogP contribution in [0.3, 0.4) is 0 Å². The largest absolute Gasteiger partial charge is 0.451 e. The third-order valence-corrected chi connectivity index (χ3v) is 5.38. The monoisotopic (exact) mass is 492 g/mol. The van der Waals surface area contributed by atoms with E-state index in [2.05, 4.69) is 20.9 Å². The molecule has 0 aliphatic carbocycles. The van der Waals surface area contributed by atoms with Crippen LogP contribution in [0, 0.1) is 12.8 Å². The van der Waals surface area contributed by atoms with Crippen LogP contribution in [0.4, 0.5) is 11.5 Å². The fourth-order valence-corrected chi connectivity index (χ4v) is 3.76. The number of hydrogen-bond acceptors (Lipinski definition) is 6. The van der Waals surface area contributed by atoms with E-state index in [0.717, 1.165) is 9.86 Å². The predicted molar refractivity (Wildman–Crippen MR) is 123 cm³/mol. The number of aromatic nitrogens is 2. The van der Waals surface area contributed by atoms with Crippen LogP contribution in [0.15, 0.2) is 36.7 Å². The van der Waals surface area contributed by atoms with Crippen molar-refractivity contribution >= 4 is 44.3 Å². The van der Waals surface area contributed by atoms with Crippen LogP contribution in [0.5, 0.6) is 0 Å². The molecule has 0 fully saturated rings. The summed E-state index contributed by atoms with van der Waals surface area (Å²) in [6, 6.07) is 5.42. The number of halogens is 1. The van der Waals surface area contributed by atoms with Gasteiger partial charge in [0, 0.05) is 29.1 Å². The fraction of sp³-hybridized carbons (Fsp3) is 0.381. The molecule has 0 aliphatic rings. The number of aromatic amines is 1. The zero-order valence-corrected chi connectivity index (χ0v) is 19.4. The molecule has 3 aromatic rings. The van der Waals surface area contributed by atoms with Gasteiger partial charge in [-0.2, -0.15) is 0 Å². The molecule has 10 heteroatoms. The van der Waals surface area contributed by atoms with Gasteiger partial charge in [-0.1, -0.05) is 29.8 Å². The predicted octanol–water partition coefficient (Wildman–Crippen LogP) is 2.89. The van der Waals surface area contributed by atoms with Crippen LogP contribution in [-0.4, -0.2) is 35.7 Å². The minimum atomic E-state index is -0.747. The lowest BCUT2D eigenvalue weighted by atomic mass is 10.1. The van der Waals surface area contributed by atoms with E-state index < -0.39 is 17.2 Å². The van der Waals surface area contributed by atoms with Crippen LogP contribution in [-0.2, 0) is 11.3 Å². The van der Waals surface area contributed by atoms with Crippen molar-refractivity contribution in [1.82, 2.24) is 9.55 Å². The Morgan fingerprint density at radius 3 is 2.71 bits per heavy atom. The van der Waals surface area contributed by atoms with E-state index >= 15 is 0 Å². The molecule has 0 saturated carbocycles. The summed E-state index contributed by atoms with van der Waals surface area (Å²) in [4.78, 5) is 42.0. The number of nitrogens with one attached hydrogen (secondary N) is 1. The average Bonchev–Trinajstić information content (AvgIpc) is 3.03. The topological polar surface area (TPSA) is 124 Å². The summed E-state index contributed by atoms with van der Waals surface area (Å²) in [5.41, 5.74) is 5.93. The number of methoxy groups -OCH3 is 1. The van der Waals surface area contributed by atoms with Crippen LogP contribution in [0.1, 0.15) is 30.0 Å². The normalized spacial score (nSPS) is 11.4. The van der Waals surface area contributed by atoms with Gasteiger partial charge < -0.3 is 14.9 Å². The van der Waals surface area contributed by atoms with Crippen molar-refractivity contribution in [2.75, 3.05) is 30.9 Å². The molecule has 3 N–H and O–H groups in total. The van der Waals surface area contributed by atoms with Gasteiger partial charge in [-0.25, -0.2) is 4.79 Å². The van der Waals surface area contributed by atoms with E-state index in [4.69, 9.17) is 14.9 Å². The number of carbonyl (C=O) groups is 1. The molecule has 0 spiro atoms. The standard InChI is InChI=1S/C21H25BrN4O5/c1-11(2)10-26-18(23)16(19(27)24-21(26)29)25(7-8-30-4)20(28)17-12(3)14-9-13(22)5-6-15(14)31-17/h5-6,9,11H,7-8,10,23H2,1-4H3,(H,24,27,29). The minimum Gasteiger partial charge on any atom is -0.451 e. The third-order valence-electron chi connectivity index (χ3n) is 4.89. The van der Waals surface area contributed by atoms with Gasteiger partial charge in [0.05, 0.1) is 13.2 Å². The number of benzene rings is 1. The van der Waals surface area contributed by atoms with E-state index in [9.17, 15) is 14.4 Å². The maximum Gasteiger partial charge on any atom is 0.330 e. The molecule has 0 saturated heterocycles. The van der Waals surface area contributed by atoms with Gasteiger partial charge in [0.2, 0.25) is 0 Å². The average molecular weight is 493 g/mol. The summed E-state index contributed by atoms with van der Waals surface area (Å²) >= 11 is 3.42. The highest BCUT2D eigenvalue weighted by Gasteiger charge is 2.29. The lowest BCUT2D eigenvalue weighted by Crippen LogP contribution is -2.43. The lowest BCUT2D eigenvalue weighted by Gasteiger charge is -2.24. The molecule has 1 aromatic carbocycles. The van der Waals surface area contributed by atoms with Crippen molar-refractivity contribution in [2.45, 2.75) is 27.3 Å². The van der Waals surface area contributed by atoms with Crippen molar-refractivity contribution in [3.8, 4) is 0 Å². The summed E-state index contributed by atoms with van der Waals surface area (Å²) < 4.78 is 13.1. The summed E-state index contributed by atoms with van der Waals surface area (Å²) in [7, 11) is 1.49. The molecule has 1 amide bonds. The second-order valence-electron chi connectivity index (χ2n) is 7.64. The molecule has 2 heterocycles. The maximum absolute atomic E-state index is 13.5. The van der Waals surface area contributed by atoms with Crippen LogP contribution in [0.2, 0.25) is 0 Å². The van der Waals surface area contributed by atoms with Crippen molar-refractivity contribution in [2.24, 2.45) is 5.92 Å². The zero-order valence-electron chi connectivity index (χ0n) is 17.8. The van der Waals surface area contributed by atoms with Crippen molar-refractivity contribution < 1.29 is 13.9 Å². The van der Waals surface area contributed by atoms with Gasteiger partial charge in [-0.05, 0) is 31.0 Å². The second-order valence-corrected chi connectivity index (χ2v) is 8.56. The van der Waals surface area contributed by atoms with Gasteiger partial charge >= 0.3 is 5.69 Å². The number of ether oxygens (including phenoxy) is 1. The molecular formula is C21H25BrN4O5. The Balaban J connectivity index is 2.18. The molecule has 9 nitrogen and oxygen atoms in total. The highest BCUT2D eigenvalue weighted by molar-refractivity contribution is 9.10. The van der Waals surface area contributed by atoms with Gasteiger partial charge in [-0.3, -0.25) is 24.0 Å². The van der Waals surface area contributed by atoms with Crippen molar-refractivity contribution in [3.63, 3.8) is 0 Å². The smallest absolute Gasteiger partial charge is 0.330 e. The number of carbonyl (C=O) groups excluding carboxylic acids is 1. The number of aryl methyl sites for hydroxylation is 1. The third kappa shape index (κ3) is 4.45. The first-order valence-electron chi connectivity index (χ1n) is 9.77. The SMILES string of the molecule is COCCN(C(=O)c1oc2ccc(Br)cc2c1C)c1c(N)n(CC(C)C)c(=O)[nH]c1=O. The van der Waals surface area contributed by atoms with Gasteiger partial charge in [0.15, 0.2) is 11.4 Å². The first-order valence-corrected chi connectivity index (χ1v) is 10.6. The van der Waals surface area contributed by atoms with Gasteiger partial charge in [-0.15, -0.1) is 0 Å².